The van der Waals surface area contributed by atoms with Crippen molar-refractivity contribution in [3.8, 4) is 0 Å². The summed E-state index contributed by atoms with van der Waals surface area (Å²) in [5, 5.41) is 8.86. The first kappa shape index (κ1) is 13.7. The summed E-state index contributed by atoms with van der Waals surface area (Å²) < 4.78 is 0. The maximum absolute atomic E-state index is 11.9. The third kappa shape index (κ3) is 3.65. The smallest absolute Gasteiger partial charge is 0.307 e. The molecule has 0 atom stereocenters. The Morgan fingerprint density at radius 3 is 2.30 bits per heavy atom. The highest BCUT2D eigenvalue weighted by Crippen LogP contribution is 2.12. The van der Waals surface area contributed by atoms with Gasteiger partial charge in [-0.3, -0.25) is 9.59 Å². The monoisotopic (exact) mass is 266 g/mol. The number of ketones is 1. The van der Waals surface area contributed by atoms with Gasteiger partial charge in [0.1, 0.15) is 0 Å². The molecule has 0 aliphatic carbocycles. The van der Waals surface area contributed by atoms with Gasteiger partial charge in [0, 0.05) is 5.56 Å². The van der Waals surface area contributed by atoms with Crippen LogP contribution in [0.25, 0.3) is 6.08 Å². The lowest BCUT2D eigenvalue weighted by atomic mass is 10.0. The minimum absolute atomic E-state index is 0.0555. The van der Waals surface area contributed by atoms with Crippen molar-refractivity contribution in [1.82, 2.24) is 0 Å². The maximum atomic E-state index is 11.9. The Morgan fingerprint density at radius 1 is 0.950 bits per heavy atom. The fraction of sp³-hybridized carbons (Fsp3) is 0.0588. The summed E-state index contributed by atoms with van der Waals surface area (Å²) in [6.45, 7) is 0. The minimum Gasteiger partial charge on any atom is -0.481 e. The average Bonchev–Trinajstić information content (AvgIpc) is 2.46. The van der Waals surface area contributed by atoms with Crippen LogP contribution in [0, 0.1) is 0 Å². The zero-order chi connectivity index (χ0) is 14.4. The van der Waals surface area contributed by atoms with Gasteiger partial charge < -0.3 is 5.11 Å². The third-order valence-electron chi connectivity index (χ3n) is 2.87. The Kier molecular flexibility index (Phi) is 4.45. The fourth-order valence-electron chi connectivity index (χ4n) is 1.88. The fourth-order valence-corrected chi connectivity index (χ4v) is 1.88. The van der Waals surface area contributed by atoms with Crippen LogP contribution < -0.4 is 0 Å². The second-order valence-corrected chi connectivity index (χ2v) is 4.33. The quantitative estimate of drug-likeness (QED) is 0.668. The summed E-state index contributed by atoms with van der Waals surface area (Å²) in [7, 11) is 0. The van der Waals surface area contributed by atoms with Gasteiger partial charge in [-0.2, -0.15) is 0 Å². The summed E-state index contributed by atoms with van der Waals surface area (Å²) in [6.07, 6.45) is 3.07. The Balaban J connectivity index is 2.19. The molecule has 1 N–H and O–H groups in total. The van der Waals surface area contributed by atoms with E-state index in [1.54, 1.807) is 48.5 Å². The van der Waals surface area contributed by atoms with E-state index >= 15 is 0 Å². The average molecular weight is 266 g/mol. The number of carbonyl (C=O) groups is 2. The summed E-state index contributed by atoms with van der Waals surface area (Å²) in [4.78, 5) is 22.7. The van der Waals surface area contributed by atoms with Gasteiger partial charge in [-0.15, -0.1) is 0 Å². The molecule has 0 saturated heterocycles. The highest BCUT2D eigenvalue weighted by atomic mass is 16.4. The first-order valence-corrected chi connectivity index (χ1v) is 6.24. The van der Waals surface area contributed by atoms with Crippen LogP contribution in [-0.2, 0) is 11.2 Å². The van der Waals surface area contributed by atoms with Crippen molar-refractivity contribution in [2.45, 2.75) is 6.42 Å². The zero-order valence-corrected chi connectivity index (χ0v) is 10.8. The first-order valence-electron chi connectivity index (χ1n) is 6.24. The van der Waals surface area contributed by atoms with Crippen LogP contribution in [0.2, 0.25) is 0 Å². The molecular formula is C17H14O3. The normalized spacial score (nSPS) is 10.6. The molecule has 0 amide bonds. The van der Waals surface area contributed by atoms with E-state index < -0.39 is 5.97 Å². The van der Waals surface area contributed by atoms with Crippen LogP contribution in [-0.4, -0.2) is 16.9 Å². The highest BCUT2D eigenvalue weighted by Gasteiger charge is 2.05. The van der Waals surface area contributed by atoms with Crippen LogP contribution in [0.5, 0.6) is 0 Å². The molecule has 0 aliphatic rings. The van der Waals surface area contributed by atoms with Crippen LogP contribution in [0.4, 0.5) is 0 Å². The molecule has 3 heteroatoms. The first-order chi connectivity index (χ1) is 9.66. The van der Waals surface area contributed by atoms with E-state index in [0.717, 1.165) is 5.56 Å². The van der Waals surface area contributed by atoms with Crippen LogP contribution in [0.3, 0.4) is 0 Å². The second-order valence-electron chi connectivity index (χ2n) is 4.33. The number of aliphatic carboxylic acids is 1. The summed E-state index contributed by atoms with van der Waals surface area (Å²) in [5.74, 6) is -0.990. The molecule has 2 aromatic carbocycles. The summed E-state index contributed by atoms with van der Waals surface area (Å²) in [5.41, 5.74) is 2.05. The number of carboxylic acid groups (broad SMARTS) is 1. The Labute approximate surface area is 117 Å². The van der Waals surface area contributed by atoms with Gasteiger partial charge in [0.15, 0.2) is 5.78 Å². The Morgan fingerprint density at radius 2 is 1.60 bits per heavy atom. The van der Waals surface area contributed by atoms with Gasteiger partial charge in [0.05, 0.1) is 6.42 Å². The van der Waals surface area contributed by atoms with E-state index in [-0.39, 0.29) is 12.2 Å². The van der Waals surface area contributed by atoms with Gasteiger partial charge in [0.2, 0.25) is 0 Å². The molecule has 2 aromatic rings. The van der Waals surface area contributed by atoms with Crippen LogP contribution in [0.15, 0.2) is 60.7 Å². The van der Waals surface area contributed by atoms with E-state index in [4.69, 9.17) is 5.11 Å². The molecule has 0 saturated carbocycles. The van der Waals surface area contributed by atoms with Crippen molar-refractivity contribution >= 4 is 17.8 Å². The lowest BCUT2D eigenvalue weighted by Gasteiger charge is -2.02. The Bertz CT molecular complexity index is 642. The van der Waals surface area contributed by atoms with Gasteiger partial charge in [-0.25, -0.2) is 0 Å². The lowest BCUT2D eigenvalue weighted by Crippen LogP contribution is -2.01. The third-order valence-corrected chi connectivity index (χ3v) is 2.87. The second kappa shape index (κ2) is 6.48. The van der Waals surface area contributed by atoms with E-state index in [1.807, 2.05) is 12.1 Å². The van der Waals surface area contributed by atoms with Crippen molar-refractivity contribution in [1.29, 1.82) is 0 Å². The highest BCUT2D eigenvalue weighted by molar-refractivity contribution is 6.06. The molecule has 0 aliphatic heterocycles. The molecule has 0 bridgehead atoms. The van der Waals surface area contributed by atoms with E-state index in [2.05, 4.69) is 0 Å². The number of rotatable bonds is 5. The van der Waals surface area contributed by atoms with Gasteiger partial charge >= 0.3 is 5.97 Å². The maximum Gasteiger partial charge on any atom is 0.307 e. The summed E-state index contributed by atoms with van der Waals surface area (Å²) in [6, 6.07) is 16.1. The van der Waals surface area contributed by atoms with Crippen LogP contribution >= 0.6 is 0 Å². The van der Waals surface area contributed by atoms with Gasteiger partial charge in [-0.05, 0) is 17.2 Å². The SMILES string of the molecule is O=C(O)Cc1ccccc1C=CC(=O)c1ccccc1. The molecule has 20 heavy (non-hydrogen) atoms. The van der Waals surface area contributed by atoms with Crippen molar-refractivity contribution in [2.75, 3.05) is 0 Å². The molecule has 0 aromatic heterocycles. The number of hydrogen-bond acceptors (Lipinski definition) is 2. The molecule has 0 fully saturated rings. The number of benzene rings is 2. The number of carboxylic acids is 1. The Hall–Kier alpha value is -2.68. The predicted octanol–water partition coefficient (Wildman–Crippen LogP) is 3.21. The van der Waals surface area contributed by atoms with E-state index in [0.29, 0.717) is 11.1 Å². The number of allylic oxidation sites excluding steroid dienone is 1. The number of hydrogen-bond donors (Lipinski definition) is 1. The summed E-state index contributed by atoms with van der Waals surface area (Å²) >= 11 is 0. The van der Waals surface area contributed by atoms with E-state index in [9.17, 15) is 9.59 Å². The van der Waals surface area contributed by atoms with Crippen molar-refractivity contribution in [3.05, 3.63) is 77.4 Å². The molecule has 100 valence electrons. The van der Waals surface area contributed by atoms with Crippen LogP contribution in [0.1, 0.15) is 21.5 Å². The molecule has 0 spiro atoms. The van der Waals surface area contributed by atoms with Gasteiger partial charge in [-0.1, -0.05) is 60.7 Å². The van der Waals surface area contributed by atoms with E-state index in [1.165, 1.54) is 6.08 Å². The lowest BCUT2D eigenvalue weighted by molar-refractivity contribution is -0.136. The molecule has 3 nitrogen and oxygen atoms in total. The number of carbonyl (C=O) groups excluding carboxylic acids is 1. The molecule has 0 heterocycles. The molecule has 0 unspecified atom stereocenters. The largest absolute Gasteiger partial charge is 0.481 e. The topological polar surface area (TPSA) is 54.4 Å². The predicted molar refractivity (Wildman–Crippen MR) is 77.6 cm³/mol. The molecule has 0 radical (unpaired) electrons. The standard InChI is InChI=1S/C17H14O3/c18-16(14-7-2-1-3-8-14)11-10-13-6-4-5-9-15(13)12-17(19)20/h1-11H,12H2,(H,19,20). The molecule has 2 rings (SSSR count). The minimum atomic E-state index is -0.889. The van der Waals surface area contributed by atoms with Crippen molar-refractivity contribution < 1.29 is 14.7 Å². The zero-order valence-electron chi connectivity index (χ0n) is 10.8. The van der Waals surface area contributed by atoms with Crippen molar-refractivity contribution in [2.24, 2.45) is 0 Å². The van der Waals surface area contributed by atoms with Crippen molar-refractivity contribution in [3.63, 3.8) is 0 Å². The van der Waals surface area contributed by atoms with Gasteiger partial charge in [0.25, 0.3) is 0 Å². The molecular weight excluding hydrogens is 252 g/mol.